The summed E-state index contributed by atoms with van der Waals surface area (Å²) < 4.78 is 0. The second-order valence-electron chi connectivity index (χ2n) is 4.01. The fourth-order valence-corrected chi connectivity index (χ4v) is 3.22. The Labute approximate surface area is 92.7 Å². The summed E-state index contributed by atoms with van der Waals surface area (Å²) in [6, 6.07) is 2.02. The Morgan fingerprint density at radius 1 is 1.53 bits per heavy atom. The highest BCUT2D eigenvalue weighted by Gasteiger charge is 2.21. The molecule has 2 aromatic heterocycles. The van der Waals surface area contributed by atoms with Crippen molar-refractivity contribution in [2.75, 3.05) is 11.5 Å². The maximum absolute atomic E-state index is 4.58. The number of hydrogen-bond acceptors (Lipinski definition) is 3. The number of hydrogen-bond donors (Lipinski definition) is 1. The molecule has 1 N–H and O–H groups in total. The fraction of sp³-hybridized carbons (Fsp3) is 0.455. The zero-order valence-corrected chi connectivity index (χ0v) is 9.47. The molecule has 1 aliphatic rings. The second-order valence-corrected chi connectivity index (χ2v) is 5.16. The van der Waals surface area contributed by atoms with Gasteiger partial charge in [0.15, 0.2) is 5.65 Å². The third-order valence-electron chi connectivity index (χ3n) is 2.94. The van der Waals surface area contributed by atoms with Gasteiger partial charge in [-0.05, 0) is 30.7 Å². The van der Waals surface area contributed by atoms with Crippen LogP contribution in [0.15, 0.2) is 12.3 Å². The molecular weight excluding hydrogens is 206 g/mol. The Bertz CT molecular complexity index is 486. The first-order chi connectivity index (χ1) is 7.34. The summed E-state index contributed by atoms with van der Waals surface area (Å²) in [6.07, 6.45) is 3.06. The number of fused-ring (bicyclic) bond motifs is 1. The standard InChI is InChI=1S/C11H13N3S/c1-7-2-4-12-11-9(7)13-10(14-11)8-3-5-15-6-8/h2,4,8H,3,5-6H2,1H3,(H,12,13,14). The lowest BCUT2D eigenvalue weighted by atomic mass is 10.1. The van der Waals surface area contributed by atoms with E-state index in [4.69, 9.17) is 0 Å². The molecule has 0 radical (unpaired) electrons. The van der Waals surface area contributed by atoms with Crippen LogP contribution in [0.5, 0.6) is 0 Å². The molecule has 15 heavy (non-hydrogen) atoms. The van der Waals surface area contributed by atoms with Gasteiger partial charge in [-0.1, -0.05) is 0 Å². The average molecular weight is 219 g/mol. The van der Waals surface area contributed by atoms with Crippen molar-refractivity contribution >= 4 is 22.9 Å². The largest absolute Gasteiger partial charge is 0.340 e. The van der Waals surface area contributed by atoms with E-state index < -0.39 is 0 Å². The van der Waals surface area contributed by atoms with Crippen LogP contribution in [0, 0.1) is 6.92 Å². The molecule has 0 aliphatic carbocycles. The number of aryl methyl sites for hydroxylation is 1. The molecule has 78 valence electrons. The van der Waals surface area contributed by atoms with Gasteiger partial charge in [-0.15, -0.1) is 0 Å². The zero-order chi connectivity index (χ0) is 10.3. The quantitative estimate of drug-likeness (QED) is 0.801. The van der Waals surface area contributed by atoms with Crippen LogP contribution in [0.25, 0.3) is 11.2 Å². The second kappa shape index (κ2) is 3.52. The summed E-state index contributed by atoms with van der Waals surface area (Å²) in [5.41, 5.74) is 3.19. The highest BCUT2D eigenvalue weighted by Crippen LogP contribution is 2.31. The van der Waals surface area contributed by atoms with Crippen LogP contribution >= 0.6 is 11.8 Å². The predicted molar refractivity (Wildman–Crippen MR) is 63.3 cm³/mol. The first-order valence-corrected chi connectivity index (χ1v) is 6.39. The molecule has 0 saturated carbocycles. The molecule has 0 amide bonds. The number of H-pyrrole nitrogens is 1. The maximum Gasteiger partial charge on any atom is 0.177 e. The van der Waals surface area contributed by atoms with Gasteiger partial charge in [0.05, 0.1) is 5.52 Å². The Morgan fingerprint density at radius 3 is 3.20 bits per heavy atom. The van der Waals surface area contributed by atoms with Crippen LogP contribution in [0.4, 0.5) is 0 Å². The van der Waals surface area contributed by atoms with Crippen molar-refractivity contribution < 1.29 is 0 Å². The highest BCUT2D eigenvalue weighted by molar-refractivity contribution is 7.99. The fourth-order valence-electron chi connectivity index (χ4n) is 2.00. The number of thioether (sulfide) groups is 1. The summed E-state index contributed by atoms with van der Waals surface area (Å²) in [5, 5.41) is 0. The molecule has 1 saturated heterocycles. The van der Waals surface area contributed by atoms with Crippen LogP contribution in [-0.4, -0.2) is 26.5 Å². The van der Waals surface area contributed by atoms with Gasteiger partial charge in [-0.2, -0.15) is 11.8 Å². The van der Waals surface area contributed by atoms with Crippen LogP contribution in [0.3, 0.4) is 0 Å². The van der Waals surface area contributed by atoms with E-state index in [9.17, 15) is 0 Å². The van der Waals surface area contributed by atoms with E-state index >= 15 is 0 Å². The molecule has 4 heteroatoms. The maximum atomic E-state index is 4.58. The highest BCUT2D eigenvalue weighted by atomic mass is 32.2. The van der Waals surface area contributed by atoms with Gasteiger partial charge in [0.25, 0.3) is 0 Å². The van der Waals surface area contributed by atoms with Crippen molar-refractivity contribution in [1.29, 1.82) is 0 Å². The van der Waals surface area contributed by atoms with Crippen molar-refractivity contribution in [3.05, 3.63) is 23.7 Å². The van der Waals surface area contributed by atoms with E-state index in [1.54, 1.807) is 0 Å². The smallest absolute Gasteiger partial charge is 0.177 e. The number of aromatic amines is 1. The van der Waals surface area contributed by atoms with Gasteiger partial charge in [0.1, 0.15) is 5.82 Å². The molecule has 1 atom stereocenters. The molecule has 1 aliphatic heterocycles. The number of rotatable bonds is 1. The molecule has 2 aromatic rings. The molecule has 3 heterocycles. The molecule has 1 fully saturated rings. The van der Waals surface area contributed by atoms with Crippen molar-refractivity contribution in [1.82, 2.24) is 15.0 Å². The number of aromatic nitrogens is 3. The summed E-state index contributed by atoms with van der Waals surface area (Å²) in [4.78, 5) is 12.3. The Hall–Kier alpha value is -1.03. The van der Waals surface area contributed by atoms with Gasteiger partial charge in [-0.25, -0.2) is 9.97 Å². The summed E-state index contributed by atoms with van der Waals surface area (Å²) >= 11 is 2.01. The third-order valence-corrected chi connectivity index (χ3v) is 4.10. The minimum Gasteiger partial charge on any atom is -0.340 e. The summed E-state index contributed by atoms with van der Waals surface area (Å²) in [7, 11) is 0. The van der Waals surface area contributed by atoms with Gasteiger partial charge < -0.3 is 4.98 Å². The lowest BCUT2D eigenvalue weighted by molar-refractivity contribution is 0.733. The van der Waals surface area contributed by atoms with Crippen LogP contribution in [0.2, 0.25) is 0 Å². The van der Waals surface area contributed by atoms with Crippen molar-refractivity contribution in [2.24, 2.45) is 0 Å². The third kappa shape index (κ3) is 1.53. The molecule has 0 spiro atoms. The summed E-state index contributed by atoms with van der Waals surface area (Å²) in [6.45, 7) is 2.09. The number of nitrogens with zero attached hydrogens (tertiary/aromatic N) is 2. The zero-order valence-electron chi connectivity index (χ0n) is 8.66. The number of imidazole rings is 1. The monoisotopic (exact) mass is 219 g/mol. The topological polar surface area (TPSA) is 41.6 Å². The Morgan fingerprint density at radius 2 is 2.47 bits per heavy atom. The molecule has 3 rings (SSSR count). The van der Waals surface area contributed by atoms with E-state index in [1.165, 1.54) is 23.5 Å². The summed E-state index contributed by atoms with van der Waals surface area (Å²) in [5.74, 6) is 4.17. The van der Waals surface area contributed by atoms with E-state index in [2.05, 4.69) is 21.9 Å². The van der Waals surface area contributed by atoms with Crippen molar-refractivity contribution in [3.63, 3.8) is 0 Å². The van der Waals surface area contributed by atoms with Crippen LogP contribution in [-0.2, 0) is 0 Å². The Balaban J connectivity index is 2.09. The van der Waals surface area contributed by atoms with Crippen molar-refractivity contribution in [2.45, 2.75) is 19.3 Å². The first-order valence-electron chi connectivity index (χ1n) is 5.23. The molecular formula is C11H13N3S. The van der Waals surface area contributed by atoms with E-state index in [0.717, 1.165) is 17.0 Å². The van der Waals surface area contributed by atoms with Gasteiger partial charge in [0.2, 0.25) is 0 Å². The van der Waals surface area contributed by atoms with E-state index in [1.807, 2.05) is 24.0 Å². The van der Waals surface area contributed by atoms with E-state index in [0.29, 0.717) is 5.92 Å². The SMILES string of the molecule is Cc1ccnc2nc(C3CCSC3)[nH]c12. The number of nitrogens with one attached hydrogen (secondary N) is 1. The predicted octanol–water partition coefficient (Wildman–Crippen LogP) is 2.49. The lowest BCUT2D eigenvalue weighted by Gasteiger charge is -2.01. The first kappa shape index (κ1) is 9.21. The Kier molecular flexibility index (Phi) is 2.16. The molecule has 1 unspecified atom stereocenters. The minimum atomic E-state index is 0.601. The minimum absolute atomic E-state index is 0.601. The lowest BCUT2D eigenvalue weighted by Crippen LogP contribution is -1.98. The molecule has 3 nitrogen and oxygen atoms in total. The van der Waals surface area contributed by atoms with Gasteiger partial charge in [-0.3, -0.25) is 0 Å². The van der Waals surface area contributed by atoms with E-state index in [-0.39, 0.29) is 0 Å². The van der Waals surface area contributed by atoms with Crippen LogP contribution in [0.1, 0.15) is 23.7 Å². The molecule has 0 bridgehead atoms. The van der Waals surface area contributed by atoms with Gasteiger partial charge >= 0.3 is 0 Å². The average Bonchev–Trinajstić information content (AvgIpc) is 2.86. The normalized spacial score (nSPS) is 21.3. The van der Waals surface area contributed by atoms with Crippen LogP contribution < -0.4 is 0 Å². The number of pyridine rings is 1. The van der Waals surface area contributed by atoms with Gasteiger partial charge in [0, 0.05) is 17.9 Å². The molecule has 0 aromatic carbocycles. The van der Waals surface area contributed by atoms with Crippen molar-refractivity contribution in [3.8, 4) is 0 Å².